The highest BCUT2D eigenvalue weighted by atomic mass is 19.1. The van der Waals surface area contributed by atoms with E-state index in [1.165, 1.54) is 0 Å². The van der Waals surface area contributed by atoms with E-state index in [2.05, 4.69) is 16.0 Å². The number of nitrogens with zero attached hydrogens (tertiary/aromatic N) is 3. The van der Waals surface area contributed by atoms with Crippen LogP contribution < -0.4 is 16.0 Å². The molecule has 5 unspecified atom stereocenters. The molecule has 6 rings (SSSR count). The normalized spacial score (nSPS) is 22.3. The Kier molecular flexibility index (Phi) is 13.1. The summed E-state index contributed by atoms with van der Waals surface area (Å²) in [5.74, 6) is -2.08. The molecule has 3 aromatic rings. The van der Waals surface area contributed by atoms with Gasteiger partial charge in [-0.15, -0.1) is 0 Å². The molecular weight excluding hydrogens is 689 g/mol. The first-order chi connectivity index (χ1) is 25.7. The topological polar surface area (TPSA) is 127 Å². The van der Waals surface area contributed by atoms with Crippen molar-refractivity contribution < 1.29 is 37.0 Å². The van der Waals surface area contributed by atoms with Gasteiger partial charge in [-0.25, -0.2) is 22.9 Å². The predicted octanol–water partition coefficient (Wildman–Crippen LogP) is 5.29. The Balaban J connectivity index is 1.26. The number of fused-ring (bicyclic) bond motifs is 1. The number of rotatable bonds is 15. The van der Waals surface area contributed by atoms with Gasteiger partial charge >= 0.3 is 6.09 Å². The Labute approximate surface area is 308 Å². The maximum absolute atomic E-state index is 15.6. The summed E-state index contributed by atoms with van der Waals surface area (Å²) in [5.41, 5.74) is 1.12. The van der Waals surface area contributed by atoms with Gasteiger partial charge in [0, 0.05) is 70.0 Å². The van der Waals surface area contributed by atoms with Gasteiger partial charge in [0.1, 0.15) is 23.6 Å². The van der Waals surface area contributed by atoms with E-state index in [0.717, 1.165) is 43.0 Å². The summed E-state index contributed by atoms with van der Waals surface area (Å²) in [6.45, 7) is 4.05. The van der Waals surface area contributed by atoms with Crippen molar-refractivity contribution in [3.05, 3.63) is 77.8 Å². The van der Waals surface area contributed by atoms with Crippen LogP contribution in [-0.4, -0.2) is 90.1 Å². The number of alkyl carbamates (subject to hydrolysis) is 1. The molecule has 2 aromatic carbocycles. The van der Waals surface area contributed by atoms with Crippen LogP contribution in [-0.2, 0) is 25.6 Å². The molecule has 1 aromatic heterocycles. The van der Waals surface area contributed by atoms with Gasteiger partial charge in [-0.2, -0.15) is 0 Å². The average molecular weight is 739 g/mol. The smallest absolute Gasteiger partial charge is 0.407 e. The van der Waals surface area contributed by atoms with Crippen molar-refractivity contribution in [3.8, 4) is 11.3 Å². The molecule has 11 nitrogen and oxygen atoms in total. The molecule has 286 valence electrons. The zero-order valence-corrected chi connectivity index (χ0v) is 30.1. The van der Waals surface area contributed by atoms with E-state index in [4.69, 9.17) is 14.5 Å². The number of carbonyl (C=O) groups is 3. The van der Waals surface area contributed by atoms with E-state index in [9.17, 15) is 18.8 Å². The van der Waals surface area contributed by atoms with Crippen molar-refractivity contribution in [1.82, 2.24) is 30.4 Å². The SMILES string of the molecule is CCC(=O)NCCCCCCNC(=O)OC1C(=O)N(C(c2nc(-c3cc(F)ccc3F)cn2Cc2ccccc2)C2CCOCC2)CC2C(F)CNC12. The van der Waals surface area contributed by atoms with E-state index < -0.39 is 53.9 Å². The van der Waals surface area contributed by atoms with Crippen molar-refractivity contribution in [2.24, 2.45) is 11.8 Å². The van der Waals surface area contributed by atoms with Crippen LogP contribution in [0.15, 0.2) is 54.7 Å². The van der Waals surface area contributed by atoms with Crippen molar-refractivity contribution in [3.63, 3.8) is 0 Å². The monoisotopic (exact) mass is 738 g/mol. The van der Waals surface area contributed by atoms with E-state index in [1.54, 1.807) is 18.0 Å². The number of amides is 3. The first kappa shape index (κ1) is 38.3. The van der Waals surface area contributed by atoms with Crippen molar-refractivity contribution in [2.45, 2.75) is 82.8 Å². The maximum atomic E-state index is 15.6. The Morgan fingerprint density at radius 1 is 1.04 bits per heavy atom. The molecule has 14 heteroatoms. The third-order valence-corrected chi connectivity index (χ3v) is 10.5. The summed E-state index contributed by atoms with van der Waals surface area (Å²) in [6.07, 6.45) is 3.16. The van der Waals surface area contributed by atoms with Crippen LogP contribution in [0.2, 0.25) is 0 Å². The minimum atomic E-state index is -1.29. The standard InChI is InChI=1S/C39H49F3N6O5/c1-2-33(49)43-16-8-3-4-9-17-44-39(51)53-36-34-29(31(42)21-45-34)23-48(38(36)50)35(26-14-18-52-19-15-26)37-46-32(28-20-27(40)12-13-30(28)41)24-47(37)22-25-10-6-5-7-11-25/h5-7,10-13,20,24,26,29,31,34-36,45H,2-4,8-9,14-19,21-23H2,1H3,(H,43,49)(H,44,51). The number of halogens is 3. The fourth-order valence-electron chi connectivity index (χ4n) is 7.68. The Morgan fingerprint density at radius 2 is 1.77 bits per heavy atom. The molecule has 3 aliphatic heterocycles. The van der Waals surface area contributed by atoms with E-state index in [1.807, 2.05) is 34.9 Å². The van der Waals surface area contributed by atoms with Gasteiger partial charge in [0.2, 0.25) is 5.91 Å². The zero-order chi connectivity index (χ0) is 37.3. The largest absolute Gasteiger partial charge is 0.434 e. The van der Waals surface area contributed by atoms with Gasteiger partial charge in [-0.3, -0.25) is 9.59 Å². The van der Waals surface area contributed by atoms with Crippen LogP contribution in [0.5, 0.6) is 0 Å². The number of ether oxygens (including phenoxy) is 2. The number of carbonyl (C=O) groups excluding carboxylic acids is 3. The lowest BCUT2D eigenvalue weighted by Gasteiger charge is -2.45. The molecule has 3 amide bonds. The molecule has 3 N–H and O–H groups in total. The van der Waals surface area contributed by atoms with Crippen molar-refractivity contribution in [1.29, 1.82) is 0 Å². The first-order valence-corrected chi connectivity index (χ1v) is 18.8. The summed E-state index contributed by atoms with van der Waals surface area (Å²) >= 11 is 0. The number of hydrogen-bond acceptors (Lipinski definition) is 7. The summed E-state index contributed by atoms with van der Waals surface area (Å²) in [5, 5.41) is 8.68. The Hall–Kier alpha value is -4.43. The molecular formula is C39H49F3N6O5. The van der Waals surface area contributed by atoms with Gasteiger partial charge in [0.25, 0.3) is 5.91 Å². The summed E-state index contributed by atoms with van der Waals surface area (Å²) in [6, 6.07) is 11.4. The highest BCUT2D eigenvalue weighted by Gasteiger charge is 2.54. The number of hydrogen-bond donors (Lipinski definition) is 3. The second-order valence-electron chi connectivity index (χ2n) is 14.1. The molecule has 3 saturated heterocycles. The van der Waals surface area contributed by atoms with E-state index in [-0.39, 0.29) is 36.2 Å². The molecule has 0 radical (unpaired) electrons. The highest BCUT2D eigenvalue weighted by molar-refractivity contribution is 5.86. The minimum absolute atomic E-state index is 0.0150. The molecule has 53 heavy (non-hydrogen) atoms. The van der Waals surface area contributed by atoms with Crippen molar-refractivity contribution in [2.75, 3.05) is 39.4 Å². The van der Waals surface area contributed by atoms with Crippen LogP contribution in [0, 0.1) is 23.5 Å². The summed E-state index contributed by atoms with van der Waals surface area (Å²) in [7, 11) is 0. The van der Waals surface area contributed by atoms with Crippen molar-refractivity contribution >= 4 is 17.9 Å². The number of nitrogens with one attached hydrogen (secondary N) is 3. The fraction of sp³-hybridized carbons (Fsp3) is 0.538. The van der Waals surface area contributed by atoms with E-state index in [0.29, 0.717) is 64.4 Å². The summed E-state index contributed by atoms with van der Waals surface area (Å²) in [4.78, 5) is 45.7. The summed E-state index contributed by atoms with van der Waals surface area (Å²) < 4.78 is 58.5. The first-order valence-electron chi connectivity index (χ1n) is 18.8. The number of piperidine rings is 1. The lowest BCUT2D eigenvalue weighted by atomic mass is 9.84. The van der Waals surface area contributed by atoms with Gasteiger partial charge in [0.05, 0.1) is 17.8 Å². The maximum Gasteiger partial charge on any atom is 0.407 e. The number of likely N-dealkylation sites (tertiary alicyclic amines) is 1. The van der Waals surface area contributed by atoms with Crippen LogP contribution in [0.4, 0.5) is 18.0 Å². The average Bonchev–Trinajstić information content (AvgIpc) is 3.75. The van der Waals surface area contributed by atoms with Crippen LogP contribution in [0.25, 0.3) is 11.3 Å². The highest BCUT2D eigenvalue weighted by Crippen LogP contribution is 2.41. The number of alkyl halides is 1. The van der Waals surface area contributed by atoms with E-state index >= 15 is 8.78 Å². The van der Waals surface area contributed by atoms with Gasteiger partial charge in [0.15, 0.2) is 6.10 Å². The molecule has 0 aliphatic carbocycles. The molecule has 0 saturated carbocycles. The van der Waals surface area contributed by atoms with Gasteiger partial charge < -0.3 is 34.9 Å². The Bertz CT molecular complexity index is 1700. The quantitative estimate of drug-likeness (QED) is 0.181. The van der Waals surface area contributed by atoms with Crippen LogP contribution in [0.3, 0.4) is 0 Å². The predicted molar refractivity (Wildman–Crippen MR) is 191 cm³/mol. The second kappa shape index (κ2) is 18.1. The molecule has 0 bridgehead atoms. The van der Waals surface area contributed by atoms with Gasteiger partial charge in [-0.1, -0.05) is 50.1 Å². The van der Waals surface area contributed by atoms with Crippen LogP contribution in [0.1, 0.15) is 69.3 Å². The minimum Gasteiger partial charge on any atom is -0.434 e. The Morgan fingerprint density at radius 3 is 2.51 bits per heavy atom. The number of imidazole rings is 1. The number of benzene rings is 2. The van der Waals surface area contributed by atoms with Crippen LogP contribution >= 0.6 is 0 Å². The molecule has 4 heterocycles. The third-order valence-electron chi connectivity index (χ3n) is 10.5. The second-order valence-corrected chi connectivity index (χ2v) is 14.1. The molecule has 0 spiro atoms. The third kappa shape index (κ3) is 9.39. The fourth-order valence-corrected chi connectivity index (χ4v) is 7.68. The lowest BCUT2D eigenvalue weighted by Crippen LogP contribution is -2.62. The zero-order valence-electron chi connectivity index (χ0n) is 30.1. The lowest BCUT2D eigenvalue weighted by molar-refractivity contribution is -0.155. The van der Waals surface area contributed by atoms with Gasteiger partial charge in [-0.05, 0) is 55.4 Å². The molecule has 3 aliphatic rings. The molecule has 5 atom stereocenters. The number of unbranched alkanes of at least 4 members (excludes halogenated alkanes) is 3. The molecule has 3 fully saturated rings. The number of aromatic nitrogens is 2.